The number of amides is 1. The van der Waals surface area contributed by atoms with Gasteiger partial charge in [0.05, 0.1) is 6.61 Å². The summed E-state index contributed by atoms with van der Waals surface area (Å²) in [4.78, 5) is 22.9. The van der Waals surface area contributed by atoms with Gasteiger partial charge in [-0.15, -0.1) is 0 Å². The van der Waals surface area contributed by atoms with Gasteiger partial charge in [0.25, 0.3) is 0 Å². The van der Waals surface area contributed by atoms with E-state index in [0.717, 1.165) is 18.9 Å². The van der Waals surface area contributed by atoms with Crippen LogP contribution in [0.1, 0.15) is 19.7 Å². The molecular weight excluding hydrogens is 270 g/mol. The minimum absolute atomic E-state index is 0.0129. The Morgan fingerprint density at radius 3 is 3.05 bits per heavy atom. The molecule has 1 aromatic heterocycles. The van der Waals surface area contributed by atoms with Gasteiger partial charge in [0.2, 0.25) is 11.8 Å². The number of carbonyl (C=O) groups excluding carboxylic acids is 1. The van der Waals surface area contributed by atoms with Crippen molar-refractivity contribution in [2.24, 2.45) is 0 Å². The normalized spacial score (nSPS) is 18.4. The molecule has 1 saturated heterocycles. The van der Waals surface area contributed by atoms with Crippen molar-refractivity contribution in [3.63, 3.8) is 0 Å². The van der Waals surface area contributed by atoms with Crippen molar-refractivity contribution in [3.05, 3.63) is 11.9 Å². The first kappa shape index (κ1) is 15.5. The van der Waals surface area contributed by atoms with Gasteiger partial charge in [0, 0.05) is 32.2 Å². The summed E-state index contributed by atoms with van der Waals surface area (Å²) in [6.07, 6.45) is 0. The topological polar surface area (TPSA) is 79.4 Å². The van der Waals surface area contributed by atoms with Gasteiger partial charge in [-0.1, -0.05) is 0 Å². The number of nitrogens with zero attached hydrogens (tertiary/aromatic N) is 3. The minimum Gasteiger partial charge on any atom is -0.478 e. The predicted molar refractivity (Wildman–Crippen MR) is 80.6 cm³/mol. The molecule has 0 aromatic carbocycles. The van der Waals surface area contributed by atoms with Crippen LogP contribution in [0.25, 0.3) is 0 Å². The molecule has 7 nitrogen and oxygen atoms in total. The standard InChI is InChI=1S/C14H23N5O2/c1-4-16-14(20)11-9-15-6-7-19(11)12-8-13(21-5-2)18-10(3)17-12/h8,11,15H,4-7,9H2,1-3H3,(H,16,20). The maximum atomic E-state index is 12.2. The second-order valence-electron chi connectivity index (χ2n) is 4.85. The number of rotatable bonds is 5. The van der Waals surface area contributed by atoms with Crippen LogP contribution in [0.5, 0.6) is 5.88 Å². The number of likely N-dealkylation sites (N-methyl/N-ethyl adjacent to an activating group) is 1. The lowest BCUT2D eigenvalue weighted by Gasteiger charge is -2.36. The van der Waals surface area contributed by atoms with Crippen LogP contribution >= 0.6 is 0 Å². The molecule has 2 heterocycles. The number of ether oxygens (including phenoxy) is 1. The van der Waals surface area contributed by atoms with E-state index in [2.05, 4.69) is 20.6 Å². The van der Waals surface area contributed by atoms with Crippen molar-refractivity contribution in [2.75, 3.05) is 37.7 Å². The van der Waals surface area contributed by atoms with Crippen LogP contribution in [0.2, 0.25) is 0 Å². The van der Waals surface area contributed by atoms with Crippen LogP contribution in [-0.2, 0) is 4.79 Å². The number of nitrogens with one attached hydrogen (secondary N) is 2. The van der Waals surface area contributed by atoms with Crippen molar-refractivity contribution < 1.29 is 9.53 Å². The van der Waals surface area contributed by atoms with Crippen molar-refractivity contribution in [3.8, 4) is 5.88 Å². The second kappa shape index (κ2) is 7.21. The third-order valence-electron chi connectivity index (χ3n) is 3.28. The number of hydrogen-bond donors (Lipinski definition) is 2. The highest BCUT2D eigenvalue weighted by Crippen LogP contribution is 2.20. The van der Waals surface area contributed by atoms with E-state index in [9.17, 15) is 4.79 Å². The van der Waals surface area contributed by atoms with Gasteiger partial charge in [-0.3, -0.25) is 4.79 Å². The summed E-state index contributed by atoms with van der Waals surface area (Å²) in [7, 11) is 0. The van der Waals surface area contributed by atoms with E-state index in [-0.39, 0.29) is 11.9 Å². The van der Waals surface area contributed by atoms with Crippen molar-refractivity contribution in [1.29, 1.82) is 0 Å². The average Bonchev–Trinajstić information content (AvgIpc) is 2.47. The second-order valence-corrected chi connectivity index (χ2v) is 4.85. The molecule has 1 aromatic rings. The zero-order valence-electron chi connectivity index (χ0n) is 12.8. The highest BCUT2D eigenvalue weighted by Gasteiger charge is 2.29. The maximum Gasteiger partial charge on any atom is 0.244 e. The van der Waals surface area contributed by atoms with E-state index < -0.39 is 0 Å². The lowest BCUT2D eigenvalue weighted by molar-refractivity contribution is -0.122. The largest absolute Gasteiger partial charge is 0.478 e. The van der Waals surface area contributed by atoms with E-state index in [4.69, 9.17) is 4.74 Å². The highest BCUT2D eigenvalue weighted by atomic mass is 16.5. The molecular formula is C14H23N5O2. The summed E-state index contributed by atoms with van der Waals surface area (Å²) >= 11 is 0. The Kier molecular flexibility index (Phi) is 5.32. The molecule has 21 heavy (non-hydrogen) atoms. The van der Waals surface area contributed by atoms with Crippen molar-refractivity contribution in [2.45, 2.75) is 26.8 Å². The summed E-state index contributed by atoms with van der Waals surface area (Å²) in [6, 6.07) is 1.54. The smallest absolute Gasteiger partial charge is 0.244 e. The fourth-order valence-corrected chi connectivity index (χ4v) is 2.40. The molecule has 1 unspecified atom stereocenters. The third-order valence-corrected chi connectivity index (χ3v) is 3.28. The summed E-state index contributed by atoms with van der Waals surface area (Å²) in [5.74, 6) is 1.94. The molecule has 7 heteroatoms. The van der Waals surface area contributed by atoms with Gasteiger partial charge in [-0.2, -0.15) is 4.98 Å². The third kappa shape index (κ3) is 3.81. The van der Waals surface area contributed by atoms with Crippen LogP contribution in [0.15, 0.2) is 6.07 Å². The lowest BCUT2D eigenvalue weighted by Crippen LogP contribution is -2.58. The Morgan fingerprint density at radius 2 is 2.33 bits per heavy atom. The van der Waals surface area contributed by atoms with Crippen LogP contribution < -0.4 is 20.3 Å². The first-order chi connectivity index (χ1) is 10.2. The minimum atomic E-state index is -0.262. The average molecular weight is 293 g/mol. The fraction of sp³-hybridized carbons (Fsp3) is 0.643. The Hall–Kier alpha value is -1.89. The van der Waals surface area contributed by atoms with Gasteiger partial charge in [-0.25, -0.2) is 4.98 Å². The van der Waals surface area contributed by atoms with Crippen LogP contribution in [0.3, 0.4) is 0 Å². The molecule has 0 bridgehead atoms. The molecule has 1 fully saturated rings. The van der Waals surface area contributed by atoms with Crippen LogP contribution in [0, 0.1) is 6.92 Å². The molecule has 0 radical (unpaired) electrons. The Labute approximate surface area is 125 Å². The molecule has 0 spiro atoms. The molecule has 2 N–H and O–H groups in total. The zero-order chi connectivity index (χ0) is 15.2. The number of anilines is 1. The molecule has 1 amide bonds. The van der Waals surface area contributed by atoms with Gasteiger partial charge in [0.15, 0.2) is 0 Å². The quantitative estimate of drug-likeness (QED) is 0.801. The van der Waals surface area contributed by atoms with Crippen LogP contribution in [0.4, 0.5) is 5.82 Å². The predicted octanol–water partition coefficient (Wildman–Crippen LogP) is 0.0980. The zero-order valence-corrected chi connectivity index (χ0v) is 12.8. The van der Waals surface area contributed by atoms with E-state index in [1.54, 1.807) is 6.07 Å². The monoisotopic (exact) mass is 293 g/mol. The Morgan fingerprint density at radius 1 is 1.52 bits per heavy atom. The first-order valence-electron chi connectivity index (χ1n) is 7.39. The van der Waals surface area contributed by atoms with E-state index in [0.29, 0.717) is 31.4 Å². The number of aromatic nitrogens is 2. The molecule has 1 aliphatic rings. The molecule has 0 saturated carbocycles. The van der Waals surface area contributed by atoms with Gasteiger partial charge >= 0.3 is 0 Å². The van der Waals surface area contributed by atoms with Gasteiger partial charge < -0.3 is 20.3 Å². The number of piperazine rings is 1. The fourth-order valence-electron chi connectivity index (χ4n) is 2.40. The molecule has 1 aliphatic heterocycles. The molecule has 1 atom stereocenters. The molecule has 2 rings (SSSR count). The van der Waals surface area contributed by atoms with E-state index >= 15 is 0 Å². The molecule has 0 aliphatic carbocycles. The lowest BCUT2D eigenvalue weighted by atomic mass is 10.1. The van der Waals surface area contributed by atoms with Gasteiger partial charge in [-0.05, 0) is 20.8 Å². The Bertz CT molecular complexity index is 494. The number of hydrogen-bond acceptors (Lipinski definition) is 6. The summed E-state index contributed by atoms with van der Waals surface area (Å²) in [6.45, 7) is 8.99. The van der Waals surface area contributed by atoms with Crippen molar-refractivity contribution in [1.82, 2.24) is 20.6 Å². The Balaban J connectivity index is 2.26. The maximum absolute atomic E-state index is 12.2. The summed E-state index contributed by atoms with van der Waals surface area (Å²) in [5, 5.41) is 6.13. The number of carbonyl (C=O) groups is 1. The van der Waals surface area contributed by atoms with E-state index in [1.165, 1.54) is 0 Å². The SMILES string of the molecule is CCNC(=O)C1CNCCN1c1cc(OCC)nc(C)n1. The van der Waals surface area contributed by atoms with Crippen LogP contribution in [-0.4, -0.2) is 54.7 Å². The number of aryl methyl sites for hydroxylation is 1. The first-order valence-corrected chi connectivity index (χ1v) is 7.39. The summed E-state index contributed by atoms with van der Waals surface area (Å²) < 4.78 is 5.47. The van der Waals surface area contributed by atoms with Crippen molar-refractivity contribution >= 4 is 11.7 Å². The molecule has 116 valence electrons. The van der Waals surface area contributed by atoms with Gasteiger partial charge in [0.1, 0.15) is 17.7 Å². The highest BCUT2D eigenvalue weighted by molar-refractivity contribution is 5.85. The summed E-state index contributed by atoms with van der Waals surface area (Å²) in [5.41, 5.74) is 0. The van der Waals surface area contributed by atoms with E-state index in [1.807, 2.05) is 25.7 Å².